The van der Waals surface area contributed by atoms with Crippen molar-refractivity contribution in [3.8, 4) is 0 Å². The Balaban J connectivity index is 1.92. The summed E-state index contributed by atoms with van der Waals surface area (Å²) in [6, 6.07) is 0.425. The number of halogens is 2. The molecule has 1 fully saturated rings. The summed E-state index contributed by atoms with van der Waals surface area (Å²) >= 11 is 0. The van der Waals surface area contributed by atoms with Crippen LogP contribution in [0.3, 0.4) is 0 Å². The lowest BCUT2D eigenvalue weighted by Crippen LogP contribution is -2.32. The summed E-state index contributed by atoms with van der Waals surface area (Å²) in [5, 5.41) is 7.16. The van der Waals surface area contributed by atoms with Gasteiger partial charge < -0.3 is 13.9 Å². The third-order valence-electron chi connectivity index (χ3n) is 3.20. The van der Waals surface area contributed by atoms with Gasteiger partial charge in [-0.15, -0.1) is 0 Å². The molecule has 3 heterocycles. The molecule has 3 rings (SSSR count). The number of aryl methyl sites for hydroxylation is 2. The highest BCUT2D eigenvalue weighted by atomic mass is 19.3. The lowest BCUT2D eigenvalue weighted by Gasteiger charge is -2.19. The Morgan fingerprint density at radius 1 is 1.38 bits per heavy atom. The summed E-state index contributed by atoms with van der Waals surface area (Å²) in [4.78, 5) is 17.2. The highest BCUT2D eigenvalue weighted by Gasteiger charge is 2.50. The number of likely N-dealkylation sites (tertiary alicyclic amines) is 1. The highest BCUT2D eigenvalue weighted by Crippen LogP contribution is 2.41. The molecule has 112 valence electrons. The summed E-state index contributed by atoms with van der Waals surface area (Å²) in [6.07, 6.45) is -0.562. The molecule has 1 amide bonds. The average Bonchev–Trinajstić information content (AvgIpc) is 3.08. The SMILES string of the molecule is Cc1cc(C(=O)N2CC(F)(F)C[C@H]2c2nc(C)no2)on1. The zero-order chi connectivity index (χ0) is 15.2. The van der Waals surface area contributed by atoms with E-state index in [1.165, 1.54) is 6.07 Å². The maximum absolute atomic E-state index is 13.7. The standard InChI is InChI=1S/C12H12F2N4O3/c1-6-3-9(20-16-6)11(19)18-5-12(13,14)4-8(18)10-15-7(2)17-21-10/h3,8H,4-5H2,1-2H3/t8-/m0/s1. The molecule has 1 aliphatic heterocycles. The highest BCUT2D eigenvalue weighted by molar-refractivity contribution is 5.92. The van der Waals surface area contributed by atoms with Gasteiger partial charge in [0.25, 0.3) is 11.8 Å². The second kappa shape index (κ2) is 4.61. The molecule has 0 radical (unpaired) electrons. The minimum atomic E-state index is -3.02. The van der Waals surface area contributed by atoms with Crippen molar-refractivity contribution in [2.75, 3.05) is 6.54 Å². The van der Waals surface area contributed by atoms with E-state index >= 15 is 0 Å². The van der Waals surface area contributed by atoms with Crippen LogP contribution in [-0.4, -0.2) is 38.6 Å². The van der Waals surface area contributed by atoms with Gasteiger partial charge in [0.2, 0.25) is 11.7 Å². The normalized spacial score (nSPS) is 21.0. The topological polar surface area (TPSA) is 85.3 Å². The maximum atomic E-state index is 13.7. The number of alkyl halides is 2. The molecule has 0 N–H and O–H groups in total. The largest absolute Gasteiger partial charge is 0.351 e. The van der Waals surface area contributed by atoms with Crippen LogP contribution in [0.4, 0.5) is 8.78 Å². The lowest BCUT2D eigenvalue weighted by atomic mass is 10.2. The Bertz CT molecular complexity index is 682. The smallest absolute Gasteiger partial charge is 0.293 e. The quantitative estimate of drug-likeness (QED) is 0.841. The first kappa shape index (κ1) is 13.7. The maximum Gasteiger partial charge on any atom is 0.293 e. The molecule has 0 bridgehead atoms. The molecule has 1 aliphatic rings. The van der Waals surface area contributed by atoms with Crippen molar-refractivity contribution < 1.29 is 22.6 Å². The van der Waals surface area contributed by atoms with Crippen molar-refractivity contribution >= 4 is 5.91 Å². The first-order valence-corrected chi connectivity index (χ1v) is 6.28. The van der Waals surface area contributed by atoms with E-state index in [0.29, 0.717) is 11.5 Å². The third-order valence-corrected chi connectivity index (χ3v) is 3.20. The molecule has 1 saturated heterocycles. The van der Waals surface area contributed by atoms with Crippen molar-refractivity contribution in [1.29, 1.82) is 0 Å². The van der Waals surface area contributed by atoms with Crippen molar-refractivity contribution in [2.24, 2.45) is 0 Å². The Labute approximate surface area is 117 Å². The summed E-state index contributed by atoms with van der Waals surface area (Å²) in [5.41, 5.74) is 0.495. The zero-order valence-electron chi connectivity index (χ0n) is 11.3. The number of carbonyl (C=O) groups excluding carboxylic acids is 1. The van der Waals surface area contributed by atoms with Crippen LogP contribution in [0.5, 0.6) is 0 Å². The van der Waals surface area contributed by atoms with Gasteiger partial charge in [-0.25, -0.2) is 8.78 Å². The fraction of sp³-hybridized carbons (Fsp3) is 0.500. The van der Waals surface area contributed by atoms with Crippen LogP contribution in [0, 0.1) is 13.8 Å². The van der Waals surface area contributed by atoms with E-state index in [9.17, 15) is 13.6 Å². The molecular weight excluding hydrogens is 286 g/mol. The summed E-state index contributed by atoms with van der Waals surface area (Å²) in [7, 11) is 0. The van der Waals surface area contributed by atoms with Gasteiger partial charge in [-0.1, -0.05) is 10.3 Å². The van der Waals surface area contributed by atoms with Crippen molar-refractivity contribution in [3.05, 3.63) is 29.2 Å². The second-order valence-corrected chi connectivity index (χ2v) is 5.02. The van der Waals surface area contributed by atoms with Crippen LogP contribution in [0.25, 0.3) is 0 Å². The molecule has 1 atom stereocenters. The molecule has 0 unspecified atom stereocenters. The number of aromatic nitrogens is 3. The molecule has 0 saturated carbocycles. The predicted molar refractivity (Wildman–Crippen MR) is 63.6 cm³/mol. The Kier molecular flexibility index (Phi) is 2.99. The van der Waals surface area contributed by atoms with E-state index < -0.39 is 30.8 Å². The van der Waals surface area contributed by atoms with E-state index in [1.54, 1.807) is 13.8 Å². The van der Waals surface area contributed by atoms with Crippen LogP contribution >= 0.6 is 0 Å². The van der Waals surface area contributed by atoms with Gasteiger partial charge in [-0.3, -0.25) is 4.79 Å². The molecule has 0 aliphatic carbocycles. The molecule has 0 aromatic carbocycles. The number of hydrogen-bond acceptors (Lipinski definition) is 6. The average molecular weight is 298 g/mol. The van der Waals surface area contributed by atoms with Crippen LogP contribution < -0.4 is 0 Å². The van der Waals surface area contributed by atoms with Gasteiger partial charge in [0.1, 0.15) is 6.04 Å². The van der Waals surface area contributed by atoms with Crippen LogP contribution in [0.2, 0.25) is 0 Å². The lowest BCUT2D eigenvalue weighted by molar-refractivity contribution is 0.0112. The van der Waals surface area contributed by atoms with Gasteiger partial charge in [-0.2, -0.15) is 4.98 Å². The minimum Gasteiger partial charge on any atom is -0.351 e. The molecule has 9 heteroatoms. The number of amides is 1. The summed E-state index contributed by atoms with van der Waals surface area (Å²) in [5.74, 6) is -3.46. The van der Waals surface area contributed by atoms with Crippen LogP contribution in [-0.2, 0) is 0 Å². The van der Waals surface area contributed by atoms with Gasteiger partial charge >= 0.3 is 0 Å². The van der Waals surface area contributed by atoms with Gasteiger partial charge in [0.15, 0.2) is 5.82 Å². The summed E-state index contributed by atoms with van der Waals surface area (Å²) < 4.78 is 37.1. The first-order valence-electron chi connectivity index (χ1n) is 6.28. The van der Waals surface area contributed by atoms with E-state index in [0.717, 1.165) is 4.90 Å². The molecule has 7 nitrogen and oxygen atoms in total. The van der Waals surface area contributed by atoms with Crippen molar-refractivity contribution in [3.63, 3.8) is 0 Å². The molecular formula is C12H12F2N4O3. The van der Waals surface area contributed by atoms with Crippen molar-refractivity contribution in [2.45, 2.75) is 32.2 Å². The molecule has 21 heavy (non-hydrogen) atoms. The summed E-state index contributed by atoms with van der Waals surface area (Å²) in [6.45, 7) is 2.49. The fourth-order valence-electron chi connectivity index (χ4n) is 2.31. The molecule has 2 aromatic heterocycles. The minimum absolute atomic E-state index is 0.00531. The van der Waals surface area contributed by atoms with Crippen molar-refractivity contribution in [1.82, 2.24) is 20.2 Å². The Morgan fingerprint density at radius 3 is 2.71 bits per heavy atom. The molecule has 0 spiro atoms. The van der Waals surface area contributed by atoms with Crippen LogP contribution in [0.15, 0.2) is 15.1 Å². The monoisotopic (exact) mass is 298 g/mol. The van der Waals surface area contributed by atoms with E-state index in [-0.39, 0.29) is 11.7 Å². The van der Waals surface area contributed by atoms with E-state index in [2.05, 4.69) is 15.3 Å². The molecule has 2 aromatic rings. The second-order valence-electron chi connectivity index (χ2n) is 5.02. The van der Waals surface area contributed by atoms with Crippen LogP contribution in [0.1, 0.15) is 40.4 Å². The third kappa shape index (κ3) is 2.50. The van der Waals surface area contributed by atoms with E-state index in [1.807, 2.05) is 0 Å². The predicted octanol–water partition coefficient (Wildman–Crippen LogP) is 1.90. The number of carbonyl (C=O) groups is 1. The van der Waals surface area contributed by atoms with Gasteiger partial charge in [-0.05, 0) is 13.8 Å². The Morgan fingerprint density at radius 2 is 2.14 bits per heavy atom. The fourth-order valence-corrected chi connectivity index (χ4v) is 2.31. The zero-order valence-corrected chi connectivity index (χ0v) is 11.3. The van der Waals surface area contributed by atoms with E-state index in [4.69, 9.17) is 9.05 Å². The number of nitrogens with zero attached hydrogens (tertiary/aromatic N) is 4. The first-order chi connectivity index (χ1) is 9.85. The number of rotatable bonds is 2. The Hall–Kier alpha value is -2.32. The van der Waals surface area contributed by atoms with Gasteiger partial charge in [0, 0.05) is 12.5 Å². The van der Waals surface area contributed by atoms with Gasteiger partial charge in [0.05, 0.1) is 12.2 Å². The number of hydrogen-bond donors (Lipinski definition) is 0.